The number of ketones is 3. The van der Waals surface area contributed by atoms with Gasteiger partial charge in [-0.3, -0.25) is 14.4 Å². The van der Waals surface area contributed by atoms with Gasteiger partial charge in [0.1, 0.15) is 17.3 Å². The molecule has 0 radical (unpaired) electrons. The SMILES string of the molecule is CC(=O)[C@]1(C)C[C@](C)(C(C)=O)C[C@](C)(C(C)=O)C1. The number of hydrogen-bond donors (Lipinski definition) is 0. The van der Waals surface area contributed by atoms with Crippen molar-refractivity contribution in [3.05, 3.63) is 0 Å². The first-order valence-corrected chi connectivity index (χ1v) is 6.48. The molecule has 0 aromatic heterocycles. The van der Waals surface area contributed by atoms with Gasteiger partial charge in [-0.25, -0.2) is 0 Å². The minimum atomic E-state index is -0.570. The van der Waals surface area contributed by atoms with E-state index in [4.69, 9.17) is 0 Å². The van der Waals surface area contributed by atoms with Crippen LogP contribution in [0.4, 0.5) is 0 Å². The summed E-state index contributed by atoms with van der Waals surface area (Å²) in [6.45, 7) is 10.3. The highest BCUT2D eigenvalue weighted by molar-refractivity contribution is 5.90. The van der Waals surface area contributed by atoms with E-state index < -0.39 is 16.2 Å². The first-order valence-electron chi connectivity index (χ1n) is 6.48. The van der Waals surface area contributed by atoms with Gasteiger partial charge in [0.2, 0.25) is 0 Å². The molecule has 0 amide bonds. The van der Waals surface area contributed by atoms with E-state index in [9.17, 15) is 14.4 Å². The summed E-state index contributed by atoms with van der Waals surface area (Å²) >= 11 is 0. The van der Waals surface area contributed by atoms with E-state index in [0.29, 0.717) is 19.3 Å². The van der Waals surface area contributed by atoms with Crippen LogP contribution < -0.4 is 0 Å². The molecule has 0 bridgehead atoms. The molecule has 3 nitrogen and oxygen atoms in total. The van der Waals surface area contributed by atoms with Crippen LogP contribution in [-0.2, 0) is 14.4 Å². The quantitative estimate of drug-likeness (QED) is 0.776. The molecule has 1 saturated carbocycles. The molecule has 0 N–H and O–H groups in total. The standard InChI is InChI=1S/C15H24O3/c1-10(16)13(4)7-14(5,11(2)17)9-15(6,8-13)12(3)18/h7-9H2,1-6H3/t13-,14+,15-. The van der Waals surface area contributed by atoms with Gasteiger partial charge in [-0.2, -0.15) is 0 Å². The van der Waals surface area contributed by atoms with Crippen molar-refractivity contribution >= 4 is 17.3 Å². The number of Topliss-reactive ketones (excluding diaryl/α,β-unsaturated/α-hetero) is 3. The van der Waals surface area contributed by atoms with Gasteiger partial charge in [0.05, 0.1) is 0 Å². The predicted molar refractivity (Wildman–Crippen MR) is 70.2 cm³/mol. The maximum absolute atomic E-state index is 11.9. The molecule has 1 aliphatic carbocycles. The molecule has 0 unspecified atom stereocenters. The highest BCUT2D eigenvalue weighted by Crippen LogP contribution is 2.55. The van der Waals surface area contributed by atoms with Gasteiger partial charge in [-0.1, -0.05) is 20.8 Å². The van der Waals surface area contributed by atoms with E-state index in [1.165, 1.54) is 0 Å². The fraction of sp³-hybridized carbons (Fsp3) is 0.800. The summed E-state index contributed by atoms with van der Waals surface area (Å²) in [5.74, 6) is 0.214. The maximum atomic E-state index is 11.9. The van der Waals surface area contributed by atoms with Gasteiger partial charge < -0.3 is 0 Å². The number of hydrogen-bond acceptors (Lipinski definition) is 3. The van der Waals surface area contributed by atoms with Crippen LogP contribution in [0.5, 0.6) is 0 Å². The highest BCUT2D eigenvalue weighted by Gasteiger charge is 2.54. The van der Waals surface area contributed by atoms with Crippen molar-refractivity contribution in [1.82, 2.24) is 0 Å². The van der Waals surface area contributed by atoms with Crippen LogP contribution >= 0.6 is 0 Å². The Labute approximate surface area is 109 Å². The third-order valence-corrected chi connectivity index (χ3v) is 4.89. The van der Waals surface area contributed by atoms with E-state index in [-0.39, 0.29) is 17.3 Å². The Morgan fingerprint density at radius 3 is 0.889 bits per heavy atom. The maximum Gasteiger partial charge on any atom is 0.135 e. The van der Waals surface area contributed by atoms with Crippen molar-refractivity contribution in [3.8, 4) is 0 Å². The lowest BCUT2D eigenvalue weighted by Gasteiger charge is -2.50. The molecule has 0 saturated heterocycles. The summed E-state index contributed by atoms with van der Waals surface area (Å²) in [6.07, 6.45) is 1.65. The molecule has 0 aromatic rings. The normalized spacial score (nSPS) is 40.3. The zero-order valence-electron chi connectivity index (χ0n) is 12.3. The zero-order chi connectivity index (χ0) is 14.4. The molecular weight excluding hydrogens is 228 g/mol. The third-order valence-electron chi connectivity index (χ3n) is 4.89. The summed E-state index contributed by atoms with van der Waals surface area (Å²) in [6, 6.07) is 0. The number of carbonyl (C=O) groups excluding carboxylic acids is 3. The second kappa shape index (κ2) is 4.29. The molecule has 102 valence electrons. The topological polar surface area (TPSA) is 51.2 Å². The van der Waals surface area contributed by atoms with Crippen LogP contribution in [0.25, 0.3) is 0 Å². The molecule has 1 rings (SSSR count). The van der Waals surface area contributed by atoms with Crippen LogP contribution in [-0.4, -0.2) is 17.3 Å². The summed E-state index contributed by atoms with van der Waals surface area (Å²) in [4.78, 5) is 35.8. The number of carbonyl (C=O) groups is 3. The third kappa shape index (κ3) is 2.40. The van der Waals surface area contributed by atoms with Crippen LogP contribution in [0, 0.1) is 16.2 Å². The Bertz CT molecular complexity index is 338. The van der Waals surface area contributed by atoms with Gasteiger partial charge in [0.25, 0.3) is 0 Å². The van der Waals surface area contributed by atoms with Gasteiger partial charge >= 0.3 is 0 Å². The molecule has 1 aliphatic rings. The highest BCUT2D eigenvalue weighted by atomic mass is 16.1. The average Bonchev–Trinajstić information content (AvgIpc) is 2.14. The van der Waals surface area contributed by atoms with Crippen molar-refractivity contribution in [2.24, 2.45) is 16.2 Å². The second-order valence-electron chi connectivity index (χ2n) is 6.88. The zero-order valence-corrected chi connectivity index (χ0v) is 12.3. The first-order chi connectivity index (χ1) is 7.95. The Morgan fingerprint density at radius 2 is 0.778 bits per heavy atom. The monoisotopic (exact) mass is 252 g/mol. The minimum absolute atomic E-state index is 0.0714. The lowest BCUT2D eigenvalue weighted by atomic mass is 9.52. The minimum Gasteiger partial charge on any atom is -0.299 e. The Balaban J connectivity index is 3.28. The van der Waals surface area contributed by atoms with Crippen LogP contribution in [0.2, 0.25) is 0 Å². The van der Waals surface area contributed by atoms with Crippen LogP contribution in [0.1, 0.15) is 60.8 Å². The van der Waals surface area contributed by atoms with E-state index >= 15 is 0 Å². The fourth-order valence-corrected chi connectivity index (χ4v) is 3.52. The molecule has 3 heteroatoms. The Hall–Kier alpha value is -0.990. The van der Waals surface area contributed by atoms with E-state index in [2.05, 4.69) is 0 Å². The van der Waals surface area contributed by atoms with Gasteiger partial charge in [-0.05, 0) is 40.0 Å². The van der Waals surface area contributed by atoms with Crippen molar-refractivity contribution < 1.29 is 14.4 Å². The average molecular weight is 252 g/mol. The lowest BCUT2D eigenvalue weighted by molar-refractivity contribution is -0.148. The predicted octanol–water partition coefficient (Wildman–Crippen LogP) is 2.96. The molecule has 0 spiro atoms. The number of rotatable bonds is 3. The first kappa shape index (κ1) is 15.1. The van der Waals surface area contributed by atoms with E-state index in [1.54, 1.807) is 20.8 Å². The van der Waals surface area contributed by atoms with Crippen molar-refractivity contribution in [1.29, 1.82) is 0 Å². The van der Waals surface area contributed by atoms with Gasteiger partial charge in [0, 0.05) is 16.2 Å². The smallest absolute Gasteiger partial charge is 0.135 e. The molecule has 0 atom stereocenters. The van der Waals surface area contributed by atoms with E-state index in [1.807, 2.05) is 20.8 Å². The van der Waals surface area contributed by atoms with Crippen molar-refractivity contribution in [2.75, 3.05) is 0 Å². The molecule has 0 aromatic carbocycles. The summed E-state index contributed by atoms with van der Waals surface area (Å²) in [7, 11) is 0. The molecular formula is C15H24O3. The Morgan fingerprint density at radius 1 is 0.611 bits per heavy atom. The van der Waals surface area contributed by atoms with Crippen molar-refractivity contribution in [3.63, 3.8) is 0 Å². The Kier molecular flexibility index (Phi) is 3.59. The van der Waals surface area contributed by atoms with E-state index in [0.717, 1.165) is 0 Å². The summed E-state index contributed by atoms with van der Waals surface area (Å²) in [5.41, 5.74) is -1.71. The molecule has 0 heterocycles. The lowest BCUT2D eigenvalue weighted by Crippen LogP contribution is -2.50. The van der Waals surface area contributed by atoms with Crippen molar-refractivity contribution in [2.45, 2.75) is 60.8 Å². The molecule has 1 fully saturated rings. The largest absolute Gasteiger partial charge is 0.299 e. The van der Waals surface area contributed by atoms with Crippen LogP contribution in [0.15, 0.2) is 0 Å². The fourth-order valence-electron chi connectivity index (χ4n) is 3.52. The second-order valence-corrected chi connectivity index (χ2v) is 6.88. The van der Waals surface area contributed by atoms with Gasteiger partial charge in [-0.15, -0.1) is 0 Å². The molecule has 18 heavy (non-hydrogen) atoms. The van der Waals surface area contributed by atoms with Crippen LogP contribution in [0.3, 0.4) is 0 Å². The summed E-state index contributed by atoms with van der Waals surface area (Å²) < 4.78 is 0. The molecule has 0 aliphatic heterocycles. The summed E-state index contributed by atoms with van der Waals surface area (Å²) in [5, 5.41) is 0. The van der Waals surface area contributed by atoms with Gasteiger partial charge in [0.15, 0.2) is 0 Å².